The Hall–Kier alpha value is -6.96. The van der Waals surface area contributed by atoms with Gasteiger partial charge in [0.15, 0.2) is 17.5 Å². The molecule has 4 aliphatic carbocycles. The van der Waals surface area contributed by atoms with E-state index in [0.29, 0.717) is 34.9 Å². The highest BCUT2D eigenvalue weighted by molar-refractivity contribution is 6.15. The zero-order valence-corrected chi connectivity index (χ0v) is 33.4. The third kappa shape index (κ3) is 5.46. The van der Waals surface area contributed by atoms with Gasteiger partial charge in [0.2, 0.25) is 0 Å². The second-order valence-corrected chi connectivity index (χ2v) is 17.8. The lowest BCUT2D eigenvalue weighted by Gasteiger charge is -2.63. The average molecular weight is 771 g/mol. The maximum absolute atomic E-state index is 9.49. The maximum Gasteiger partial charge on any atom is 0.165 e. The Bertz CT molecular complexity index is 3050. The van der Waals surface area contributed by atoms with Crippen molar-refractivity contribution in [3.05, 3.63) is 187 Å². The monoisotopic (exact) mass is 770 g/mol. The molecule has 4 heteroatoms. The Morgan fingerprint density at radius 1 is 0.433 bits per heavy atom. The predicted octanol–water partition coefficient (Wildman–Crippen LogP) is 13.7. The number of fused-ring (bicyclic) bond motifs is 3. The molecule has 4 nitrogen and oxygen atoms in total. The highest BCUT2D eigenvalue weighted by Gasteiger charge is 2.59. The number of nitrogens with zero attached hydrogens (tertiary/aromatic N) is 4. The van der Waals surface area contributed by atoms with Gasteiger partial charge in [-0.25, -0.2) is 15.0 Å². The minimum Gasteiger partial charge on any atom is -0.208 e. The molecule has 4 aliphatic rings. The fraction of sp³-hybridized carbons (Fsp3) is 0.179. The van der Waals surface area contributed by atoms with Crippen molar-refractivity contribution in [2.24, 2.45) is 11.8 Å². The van der Waals surface area contributed by atoms with Crippen molar-refractivity contribution in [1.82, 2.24) is 15.0 Å². The number of hydrogen-bond acceptors (Lipinski definition) is 4. The van der Waals surface area contributed by atoms with Gasteiger partial charge in [0.1, 0.15) is 0 Å². The van der Waals surface area contributed by atoms with Gasteiger partial charge >= 0.3 is 0 Å². The van der Waals surface area contributed by atoms with Gasteiger partial charge in [-0.3, -0.25) is 0 Å². The SMILES string of the molecule is N#Cc1ccc(-c2ccc(C34CC5CC(C3)CC(c3c6ccccc6c(-c6nc(-c7ccccc7)nc(-c7ccccc7)n6)c6ccccc36)(C5)C4)c3ccccc23)cc1. The van der Waals surface area contributed by atoms with Gasteiger partial charge in [0, 0.05) is 16.7 Å². The van der Waals surface area contributed by atoms with E-state index in [1.54, 1.807) is 0 Å². The summed E-state index contributed by atoms with van der Waals surface area (Å²) in [4.78, 5) is 15.7. The van der Waals surface area contributed by atoms with E-state index >= 15 is 0 Å². The van der Waals surface area contributed by atoms with Crippen LogP contribution in [-0.4, -0.2) is 15.0 Å². The average Bonchev–Trinajstić information content (AvgIpc) is 3.30. The molecule has 9 aromatic rings. The van der Waals surface area contributed by atoms with E-state index in [9.17, 15) is 5.26 Å². The van der Waals surface area contributed by atoms with Gasteiger partial charge in [-0.2, -0.15) is 5.26 Å². The number of nitriles is 1. The summed E-state index contributed by atoms with van der Waals surface area (Å²) in [5, 5.41) is 17.2. The fourth-order valence-electron chi connectivity index (χ4n) is 12.5. The first-order valence-corrected chi connectivity index (χ1v) is 21.4. The van der Waals surface area contributed by atoms with E-state index < -0.39 is 0 Å². The fourth-order valence-corrected chi connectivity index (χ4v) is 12.5. The third-order valence-electron chi connectivity index (χ3n) is 14.3. The predicted molar refractivity (Wildman–Crippen MR) is 243 cm³/mol. The number of hydrogen-bond donors (Lipinski definition) is 0. The van der Waals surface area contributed by atoms with Gasteiger partial charge in [0.25, 0.3) is 0 Å². The van der Waals surface area contributed by atoms with E-state index in [0.717, 1.165) is 28.7 Å². The minimum absolute atomic E-state index is 0.0260. The van der Waals surface area contributed by atoms with Crippen LogP contribution in [0.4, 0.5) is 0 Å². The molecule has 0 amide bonds. The first-order chi connectivity index (χ1) is 29.6. The molecule has 0 spiro atoms. The largest absolute Gasteiger partial charge is 0.208 e. The summed E-state index contributed by atoms with van der Waals surface area (Å²) in [5.74, 6) is 3.41. The van der Waals surface area contributed by atoms with Crippen molar-refractivity contribution in [3.63, 3.8) is 0 Å². The summed E-state index contributed by atoms with van der Waals surface area (Å²) in [6.45, 7) is 0. The zero-order chi connectivity index (χ0) is 39.8. The second kappa shape index (κ2) is 13.5. The van der Waals surface area contributed by atoms with Crippen molar-refractivity contribution < 1.29 is 0 Å². The van der Waals surface area contributed by atoms with Crippen LogP contribution in [-0.2, 0) is 10.8 Å². The molecule has 1 aromatic heterocycles. The van der Waals surface area contributed by atoms with Crippen LogP contribution in [0, 0.1) is 23.2 Å². The van der Waals surface area contributed by atoms with E-state index in [4.69, 9.17) is 15.0 Å². The van der Waals surface area contributed by atoms with Gasteiger partial charge in [0.05, 0.1) is 11.6 Å². The summed E-state index contributed by atoms with van der Waals surface area (Å²) >= 11 is 0. The van der Waals surface area contributed by atoms with Gasteiger partial charge < -0.3 is 0 Å². The highest BCUT2D eigenvalue weighted by atomic mass is 15.0. The smallest absolute Gasteiger partial charge is 0.165 e. The molecule has 0 radical (unpaired) electrons. The molecule has 0 N–H and O–H groups in total. The Morgan fingerprint density at radius 2 is 0.917 bits per heavy atom. The molecule has 2 atom stereocenters. The van der Waals surface area contributed by atoms with Gasteiger partial charge in [-0.1, -0.05) is 158 Å². The lowest BCUT2D eigenvalue weighted by atomic mass is 9.41. The molecule has 286 valence electrons. The van der Waals surface area contributed by atoms with Crippen LogP contribution in [0.3, 0.4) is 0 Å². The van der Waals surface area contributed by atoms with Crippen LogP contribution < -0.4 is 0 Å². The second-order valence-electron chi connectivity index (χ2n) is 17.8. The molecule has 8 aromatic carbocycles. The van der Waals surface area contributed by atoms with Crippen LogP contribution in [0.2, 0.25) is 0 Å². The molecule has 2 unspecified atom stereocenters. The Morgan fingerprint density at radius 3 is 1.48 bits per heavy atom. The third-order valence-corrected chi connectivity index (χ3v) is 14.3. The van der Waals surface area contributed by atoms with Crippen molar-refractivity contribution in [3.8, 4) is 51.4 Å². The van der Waals surface area contributed by atoms with Crippen LogP contribution in [0.25, 0.3) is 77.6 Å². The molecule has 1 heterocycles. The van der Waals surface area contributed by atoms with Crippen LogP contribution in [0.5, 0.6) is 0 Å². The lowest BCUT2D eigenvalue weighted by Crippen LogP contribution is -2.56. The van der Waals surface area contributed by atoms with E-state index in [-0.39, 0.29) is 10.8 Å². The number of benzene rings is 8. The Kier molecular flexibility index (Phi) is 7.91. The van der Waals surface area contributed by atoms with Gasteiger partial charge in [-0.05, 0) is 128 Å². The van der Waals surface area contributed by atoms with E-state index in [2.05, 4.69) is 127 Å². The van der Waals surface area contributed by atoms with E-state index in [1.807, 2.05) is 48.5 Å². The molecule has 4 fully saturated rings. The number of aromatic nitrogens is 3. The molecule has 13 rings (SSSR count). The van der Waals surface area contributed by atoms with Gasteiger partial charge in [-0.15, -0.1) is 0 Å². The standard InChI is InChI=1S/C56H42N4/c57-34-36-23-25-39(26-24-36)42-27-28-49(44-18-8-7-17-43(42)44)55-30-37-29-38(31-55)33-56(32-37,35-55)51-47-21-11-9-19-45(47)50(46-20-10-12-22-48(46)51)54-59-52(40-13-3-1-4-14-40)58-53(60-54)41-15-5-2-6-16-41/h1-28,37-38H,29-33,35H2. The summed E-state index contributed by atoms with van der Waals surface area (Å²) in [6.07, 6.45) is 7.41. The quantitative estimate of drug-likeness (QED) is 0.158. The van der Waals surface area contributed by atoms with Crippen molar-refractivity contribution in [1.29, 1.82) is 5.26 Å². The molecule has 0 saturated heterocycles. The maximum atomic E-state index is 9.49. The Balaban J connectivity index is 1.06. The summed E-state index contributed by atoms with van der Waals surface area (Å²) < 4.78 is 0. The Labute approximate surface area is 350 Å². The lowest BCUT2D eigenvalue weighted by molar-refractivity contribution is -0.0262. The summed E-state index contributed by atoms with van der Waals surface area (Å²) in [5.41, 5.74) is 9.24. The van der Waals surface area contributed by atoms with Crippen molar-refractivity contribution in [2.45, 2.75) is 49.4 Å². The minimum atomic E-state index is 0.0260. The molecular formula is C56H42N4. The van der Waals surface area contributed by atoms with Crippen molar-refractivity contribution >= 4 is 32.3 Å². The molecule has 0 aliphatic heterocycles. The zero-order valence-electron chi connectivity index (χ0n) is 33.4. The molecular weight excluding hydrogens is 729 g/mol. The molecule has 60 heavy (non-hydrogen) atoms. The number of rotatable bonds is 6. The summed E-state index contributed by atoms with van der Waals surface area (Å²) in [6, 6.07) is 63.1. The molecule has 4 bridgehead atoms. The van der Waals surface area contributed by atoms with E-state index in [1.165, 1.54) is 81.1 Å². The van der Waals surface area contributed by atoms with Crippen LogP contribution in [0.1, 0.15) is 55.2 Å². The first kappa shape index (κ1) is 35.0. The normalized spacial score (nSPS) is 21.7. The van der Waals surface area contributed by atoms with Crippen molar-refractivity contribution in [2.75, 3.05) is 0 Å². The van der Waals surface area contributed by atoms with Crippen LogP contribution >= 0.6 is 0 Å². The van der Waals surface area contributed by atoms with Crippen LogP contribution in [0.15, 0.2) is 170 Å². The summed E-state index contributed by atoms with van der Waals surface area (Å²) in [7, 11) is 0. The highest BCUT2D eigenvalue weighted by Crippen LogP contribution is 2.68. The first-order valence-electron chi connectivity index (χ1n) is 21.4. The molecule has 4 saturated carbocycles. The topological polar surface area (TPSA) is 62.5 Å².